The molecule has 0 bridgehead atoms. The van der Waals surface area contributed by atoms with E-state index in [0.29, 0.717) is 18.0 Å². The molecule has 1 N–H and O–H groups in total. The van der Waals surface area contributed by atoms with Gasteiger partial charge in [-0.05, 0) is 18.0 Å². The van der Waals surface area contributed by atoms with Crippen LogP contribution in [0.1, 0.15) is 18.7 Å². The van der Waals surface area contributed by atoms with Gasteiger partial charge in [-0.1, -0.05) is 19.8 Å². The van der Waals surface area contributed by atoms with E-state index in [1.54, 1.807) is 18.4 Å². The quantitative estimate of drug-likeness (QED) is 0.773. The summed E-state index contributed by atoms with van der Waals surface area (Å²) in [6, 6.07) is 1.64. The molecule has 0 aliphatic carbocycles. The predicted octanol–water partition coefficient (Wildman–Crippen LogP) is 1.50. The van der Waals surface area contributed by atoms with Crippen LogP contribution in [-0.4, -0.2) is 32.4 Å². The second kappa shape index (κ2) is 6.90. The minimum atomic E-state index is -3.47. The van der Waals surface area contributed by atoms with Crippen molar-refractivity contribution in [1.29, 1.82) is 0 Å². The van der Waals surface area contributed by atoms with E-state index in [4.69, 9.17) is 6.42 Å². The maximum atomic E-state index is 12.4. The highest BCUT2D eigenvalue weighted by atomic mass is 32.2. The van der Waals surface area contributed by atoms with Crippen LogP contribution in [0.4, 0.5) is 0 Å². The number of hydrogen-bond donors (Lipinski definition) is 1. The van der Waals surface area contributed by atoms with E-state index in [2.05, 4.69) is 11.2 Å². The third-order valence-electron chi connectivity index (χ3n) is 2.48. The second-order valence-electron chi connectivity index (χ2n) is 3.62. The Bertz CT molecular complexity index is 514. The fraction of sp³-hybridized carbons (Fsp3) is 0.500. The van der Waals surface area contributed by atoms with Crippen molar-refractivity contribution in [1.82, 2.24) is 9.62 Å². The third-order valence-corrected chi connectivity index (χ3v) is 5.53. The van der Waals surface area contributed by atoms with E-state index in [9.17, 15) is 8.42 Å². The number of nitrogens with one attached hydrogen (secondary N) is 1. The van der Waals surface area contributed by atoms with E-state index >= 15 is 0 Å². The molecule has 1 aromatic rings. The Balaban J connectivity index is 3.04. The van der Waals surface area contributed by atoms with E-state index < -0.39 is 10.0 Å². The summed E-state index contributed by atoms with van der Waals surface area (Å²) in [6.45, 7) is 5.62. The maximum Gasteiger partial charge on any atom is 0.245 e. The number of nitrogens with zero attached hydrogens (tertiary/aromatic N) is 1. The van der Waals surface area contributed by atoms with Gasteiger partial charge in [-0.25, -0.2) is 8.42 Å². The van der Waals surface area contributed by atoms with Crippen molar-refractivity contribution in [2.24, 2.45) is 0 Å². The summed E-state index contributed by atoms with van der Waals surface area (Å²) in [4.78, 5) is 1.19. The molecule has 0 saturated carbocycles. The first-order chi connectivity index (χ1) is 8.57. The van der Waals surface area contributed by atoms with Gasteiger partial charge in [-0.3, -0.25) is 0 Å². The summed E-state index contributed by atoms with van der Waals surface area (Å²) >= 11 is 1.44. The Kier molecular flexibility index (Phi) is 5.82. The minimum Gasteiger partial charge on any atom is -0.312 e. The van der Waals surface area contributed by atoms with Crippen molar-refractivity contribution in [3.05, 3.63) is 16.3 Å². The molecule has 0 fully saturated rings. The third kappa shape index (κ3) is 3.33. The van der Waals surface area contributed by atoms with Gasteiger partial charge >= 0.3 is 0 Å². The van der Waals surface area contributed by atoms with Gasteiger partial charge in [0.15, 0.2) is 0 Å². The summed E-state index contributed by atoms with van der Waals surface area (Å²) in [5, 5.41) is 4.93. The second-order valence-corrected chi connectivity index (χ2v) is 6.53. The summed E-state index contributed by atoms with van der Waals surface area (Å²) < 4.78 is 26.1. The van der Waals surface area contributed by atoms with Crippen LogP contribution in [0, 0.1) is 12.3 Å². The van der Waals surface area contributed by atoms with Gasteiger partial charge < -0.3 is 5.32 Å². The van der Waals surface area contributed by atoms with Crippen LogP contribution in [0.25, 0.3) is 0 Å². The van der Waals surface area contributed by atoms with Gasteiger partial charge in [0.2, 0.25) is 10.0 Å². The Hall–Kier alpha value is -0.870. The molecule has 0 radical (unpaired) electrons. The molecule has 4 nitrogen and oxygen atoms in total. The number of sulfonamides is 1. The average Bonchev–Trinajstić information content (AvgIpc) is 2.82. The highest BCUT2D eigenvalue weighted by Gasteiger charge is 2.25. The lowest BCUT2D eigenvalue weighted by Crippen LogP contribution is -2.31. The first kappa shape index (κ1) is 15.2. The lowest BCUT2D eigenvalue weighted by atomic mass is 10.4. The number of rotatable bonds is 7. The smallest absolute Gasteiger partial charge is 0.245 e. The van der Waals surface area contributed by atoms with E-state index in [0.717, 1.165) is 11.4 Å². The zero-order valence-electron chi connectivity index (χ0n) is 10.6. The maximum absolute atomic E-state index is 12.4. The normalized spacial score (nSPS) is 11.7. The van der Waals surface area contributed by atoms with Gasteiger partial charge in [0.05, 0.1) is 11.4 Å². The predicted molar refractivity (Wildman–Crippen MR) is 75.0 cm³/mol. The monoisotopic (exact) mass is 286 g/mol. The van der Waals surface area contributed by atoms with E-state index in [1.807, 2.05) is 6.92 Å². The van der Waals surface area contributed by atoms with Crippen LogP contribution in [-0.2, 0) is 16.6 Å². The molecule has 0 aliphatic heterocycles. The van der Waals surface area contributed by atoms with Crippen molar-refractivity contribution in [2.75, 3.05) is 19.6 Å². The Morgan fingerprint density at radius 3 is 2.78 bits per heavy atom. The molecule has 0 unspecified atom stereocenters. The van der Waals surface area contributed by atoms with Crippen molar-refractivity contribution in [2.45, 2.75) is 25.3 Å². The molecule has 100 valence electrons. The fourth-order valence-corrected chi connectivity index (χ4v) is 4.28. The molecule has 0 spiro atoms. The number of hydrogen-bond acceptors (Lipinski definition) is 4. The van der Waals surface area contributed by atoms with Crippen LogP contribution in [0.2, 0.25) is 0 Å². The zero-order chi connectivity index (χ0) is 13.6. The van der Waals surface area contributed by atoms with Gasteiger partial charge in [-0.15, -0.1) is 17.8 Å². The molecule has 1 aromatic heterocycles. The topological polar surface area (TPSA) is 49.4 Å². The molecule has 18 heavy (non-hydrogen) atoms. The molecule has 6 heteroatoms. The van der Waals surface area contributed by atoms with Gasteiger partial charge in [0.1, 0.15) is 0 Å². The first-order valence-corrected chi connectivity index (χ1v) is 8.10. The molecule has 0 amide bonds. The van der Waals surface area contributed by atoms with Crippen molar-refractivity contribution < 1.29 is 8.42 Å². The lowest BCUT2D eigenvalue weighted by molar-refractivity contribution is 0.463. The van der Waals surface area contributed by atoms with Crippen LogP contribution in [0.3, 0.4) is 0 Å². The first-order valence-electron chi connectivity index (χ1n) is 5.78. The van der Waals surface area contributed by atoms with Crippen molar-refractivity contribution >= 4 is 21.4 Å². The van der Waals surface area contributed by atoms with Gasteiger partial charge in [0.25, 0.3) is 0 Å². The molecule has 1 heterocycles. The summed E-state index contributed by atoms with van der Waals surface area (Å²) in [7, 11) is -3.47. The Labute approximate surface area is 113 Å². The van der Waals surface area contributed by atoms with Crippen LogP contribution < -0.4 is 5.32 Å². The highest BCUT2D eigenvalue weighted by Crippen LogP contribution is 2.24. The van der Waals surface area contributed by atoms with Crippen molar-refractivity contribution in [3.8, 4) is 12.3 Å². The van der Waals surface area contributed by atoms with Gasteiger partial charge in [-0.2, -0.15) is 4.31 Å². The molecule has 0 saturated heterocycles. The zero-order valence-corrected chi connectivity index (χ0v) is 12.3. The van der Waals surface area contributed by atoms with Crippen molar-refractivity contribution in [3.63, 3.8) is 0 Å². The van der Waals surface area contributed by atoms with E-state index in [1.165, 1.54) is 15.6 Å². The molecule has 0 aliphatic rings. The summed E-state index contributed by atoms with van der Waals surface area (Å²) in [6.07, 6.45) is 5.21. The molecule has 0 aromatic carbocycles. The van der Waals surface area contributed by atoms with Crippen LogP contribution in [0.15, 0.2) is 16.3 Å². The largest absolute Gasteiger partial charge is 0.312 e. The highest BCUT2D eigenvalue weighted by molar-refractivity contribution is 7.89. The summed E-state index contributed by atoms with van der Waals surface area (Å²) in [5.41, 5.74) is 0. The van der Waals surface area contributed by atoms with E-state index in [-0.39, 0.29) is 6.54 Å². The molecule has 0 atom stereocenters. The number of thiophene rings is 1. The standard InChI is InChI=1S/C12H18N2O2S2/c1-4-8-14(6-3)18(15,16)12-7-9-17-11(12)10-13-5-2/h1,7,9,13H,5-6,8,10H2,2-3H3. The van der Waals surface area contributed by atoms with Crippen LogP contribution in [0.5, 0.6) is 0 Å². The summed E-state index contributed by atoms with van der Waals surface area (Å²) in [5.74, 6) is 2.38. The molecular formula is C12H18N2O2S2. The van der Waals surface area contributed by atoms with Gasteiger partial charge in [0, 0.05) is 18.0 Å². The Morgan fingerprint density at radius 2 is 2.22 bits per heavy atom. The fourth-order valence-electron chi connectivity index (χ4n) is 1.53. The minimum absolute atomic E-state index is 0.106. The SMILES string of the molecule is C#CCN(CC)S(=O)(=O)c1ccsc1CNCC. The lowest BCUT2D eigenvalue weighted by Gasteiger charge is -2.18. The molecule has 1 rings (SSSR count). The average molecular weight is 286 g/mol. The van der Waals surface area contributed by atoms with Crippen LogP contribution >= 0.6 is 11.3 Å². The molecular weight excluding hydrogens is 268 g/mol. The number of terminal acetylenes is 1. The Morgan fingerprint density at radius 1 is 1.50 bits per heavy atom.